The molecule has 2 aliphatic rings. The third kappa shape index (κ3) is 4.32. The van der Waals surface area contributed by atoms with Gasteiger partial charge in [0.05, 0.1) is 35.4 Å². The van der Waals surface area contributed by atoms with Gasteiger partial charge in [0, 0.05) is 17.3 Å². The van der Waals surface area contributed by atoms with Crippen molar-refractivity contribution in [3.05, 3.63) is 81.3 Å². The van der Waals surface area contributed by atoms with Crippen LogP contribution in [0.15, 0.2) is 60.2 Å². The quantitative estimate of drug-likeness (QED) is 0.241. The minimum atomic E-state index is -0.962. The van der Waals surface area contributed by atoms with E-state index >= 15 is 0 Å². The maximum absolute atomic E-state index is 13.4. The molecule has 2 heterocycles. The van der Waals surface area contributed by atoms with E-state index in [0.717, 1.165) is 0 Å². The first-order chi connectivity index (χ1) is 17.8. The Morgan fingerprint density at radius 3 is 2.35 bits per heavy atom. The number of benzene rings is 3. The highest BCUT2D eigenvalue weighted by molar-refractivity contribution is 6.51. The molecule has 0 bridgehead atoms. The second-order valence-electron chi connectivity index (χ2n) is 8.18. The summed E-state index contributed by atoms with van der Waals surface area (Å²) in [6, 6.07) is 13.8. The van der Waals surface area contributed by atoms with Crippen molar-refractivity contribution < 1.29 is 33.6 Å². The molecule has 1 unspecified atom stereocenters. The summed E-state index contributed by atoms with van der Waals surface area (Å²) >= 11 is 12.6. The van der Waals surface area contributed by atoms with Crippen LogP contribution in [-0.2, 0) is 9.59 Å². The number of carbonyl (C=O) groups excluding carboxylic acids is 2. The molecular formula is C27H21Cl2NO7. The van der Waals surface area contributed by atoms with Crippen molar-refractivity contribution >= 4 is 46.3 Å². The van der Waals surface area contributed by atoms with E-state index < -0.39 is 23.5 Å². The fraction of sp³-hybridized carbons (Fsp3) is 0.185. The Morgan fingerprint density at radius 1 is 1.03 bits per heavy atom. The van der Waals surface area contributed by atoms with Gasteiger partial charge in [0.15, 0.2) is 17.2 Å². The Bertz CT molecular complexity index is 1410. The molecule has 1 amide bonds. The molecule has 0 spiro atoms. The van der Waals surface area contributed by atoms with Gasteiger partial charge in [0.1, 0.15) is 11.5 Å². The van der Waals surface area contributed by atoms with Gasteiger partial charge in [-0.05, 0) is 48.9 Å². The molecular weight excluding hydrogens is 521 g/mol. The monoisotopic (exact) mass is 541 g/mol. The summed E-state index contributed by atoms with van der Waals surface area (Å²) in [6.45, 7) is 2.40. The van der Waals surface area contributed by atoms with Crippen LogP contribution >= 0.6 is 23.2 Å². The molecule has 1 saturated heterocycles. The number of methoxy groups -OCH3 is 1. The van der Waals surface area contributed by atoms with Crippen molar-refractivity contribution in [3.63, 3.8) is 0 Å². The highest BCUT2D eigenvalue weighted by Crippen LogP contribution is 2.46. The summed E-state index contributed by atoms with van der Waals surface area (Å²) in [5.74, 6) is -0.281. The van der Waals surface area contributed by atoms with Gasteiger partial charge in [0.25, 0.3) is 11.7 Å². The lowest BCUT2D eigenvalue weighted by atomic mass is 9.95. The number of carbonyl (C=O) groups is 2. The van der Waals surface area contributed by atoms with Crippen molar-refractivity contribution in [1.29, 1.82) is 0 Å². The molecule has 1 N–H and O–H groups in total. The minimum Gasteiger partial charge on any atom is -0.507 e. The predicted molar refractivity (Wildman–Crippen MR) is 138 cm³/mol. The van der Waals surface area contributed by atoms with Crippen LogP contribution in [0.1, 0.15) is 24.1 Å². The molecule has 10 heteroatoms. The van der Waals surface area contributed by atoms with Crippen LogP contribution in [0.3, 0.4) is 0 Å². The number of nitrogens with zero attached hydrogens (tertiary/aromatic N) is 1. The number of halogens is 2. The standard InChI is InChI=1S/C27H21Cl2NO7/c1-3-35-17-7-4-14(5-8-17)23-22(24(31)15-10-18(28)26(34-2)19(29)11-15)25(32)27(33)30(23)16-6-9-20-21(12-16)37-13-36-20/h4-12,23,31H,3,13H2,1-2H3/b24-22+. The van der Waals surface area contributed by atoms with E-state index in [-0.39, 0.29) is 33.7 Å². The fourth-order valence-corrected chi connectivity index (χ4v) is 5.05. The van der Waals surface area contributed by atoms with Crippen LogP contribution in [0.25, 0.3) is 5.76 Å². The SMILES string of the molecule is CCOc1ccc(C2/C(=C(\O)c3cc(Cl)c(OC)c(Cl)c3)C(=O)C(=O)N2c2ccc3c(c2)OCO3)cc1. The van der Waals surface area contributed by atoms with Gasteiger partial charge in [0.2, 0.25) is 6.79 Å². The Morgan fingerprint density at radius 2 is 1.70 bits per heavy atom. The maximum Gasteiger partial charge on any atom is 0.300 e. The number of aliphatic hydroxyl groups is 1. The number of hydrogen-bond acceptors (Lipinski definition) is 7. The number of anilines is 1. The zero-order chi connectivity index (χ0) is 26.3. The van der Waals surface area contributed by atoms with Gasteiger partial charge < -0.3 is 24.1 Å². The second-order valence-corrected chi connectivity index (χ2v) is 9.00. The lowest BCUT2D eigenvalue weighted by molar-refractivity contribution is -0.132. The number of rotatable bonds is 6. The molecule has 0 aromatic heterocycles. The van der Waals surface area contributed by atoms with E-state index in [9.17, 15) is 14.7 Å². The van der Waals surface area contributed by atoms with Gasteiger partial charge in [-0.25, -0.2) is 0 Å². The molecule has 1 fully saturated rings. The summed E-state index contributed by atoms with van der Waals surface area (Å²) in [7, 11) is 1.41. The van der Waals surface area contributed by atoms with Crippen LogP contribution in [0.4, 0.5) is 5.69 Å². The fourth-order valence-electron chi connectivity index (χ4n) is 4.41. The topological polar surface area (TPSA) is 94.5 Å². The molecule has 3 aromatic rings. The first-order valence-electron chi connectivity index (χ1n) is 11.3. The van der Waals surface area contributed by atoms with E-state index in [1.54, 1.807) is 42.5 Å². The number of hydrogen-bond donors (Lipinski definition) is 1. The lowest BCUT2D eigenvalue weighted by Gasteiger charge is -2.26. The Hall–Kier alpha value is -3.88. The average Bonchev–Trinajstić information content (AvgIpc) is 3.46. The summed E-state index contributed by atoms with van der Waals surface area (Å²) in [5.41, 5.74) is 1.02. The Kier molecular flexibility index (Phi) is 6.62. The zero-order valence-corrected chi connectivity index (χ0v) is 21.3. The van der Waals surface area contributed by atoms with Crippen LogP contribution in [0.5, 0.6) is 23.0 Å². The largest absolute Gasteiger partial charge is 0.507 e. The van der Waals surface area contributed by atoms with Crippen molar-refractivity contribution in [2.45, 2.75) is 13.0 Å². The number of aliphatic hydroxyl groups excluding tert-OH is 1. The van der Waals surface area contributed by atoms with E-state index in [1.165, 1.54) is 24.1 Å². The van der Waals surface area contributed by atoms with Crippen LogP contribution in [-0.4, -0.2) is 37.3 Å². The number of ether oxygens (including phenoxy) is 4. The molecule has 190 valence electrons. The molecule has 8 nitrogen and oxygen atoms in total. The highest BCUT2D eigenvalue weighted by atomic mass is 35.5. The predicted octanol–water partition coefficient (Wildman–Crippen LogP) is 5.76. The maximum atomic E-state index is 13.4. The minimum absolute atomic E-state index is 0.0545. The van der Waals surface area contributed by atoms with E-state index in [1.807, 2.05) is 6.92 Å². The third-order valence-electron chi connectivity index (χ3n) is 6.06. The van der Waals surface area contributed by atoms with Crippen molar-refractivity contribution in [2.75, 3.05) is 25.4 Å². The summed E-state index contributed by atoms with van der Waals surface area (Å²) in [5, 5.41) is 11.6. The van der Waals surface area contributed by atoms with Gasteiger partial charge in [-0.15, -0.1) is 0 Å². The van der Waals surface area contributed by atoms with Gasteiger partial charge in [-0.2, -0.15) is 0 Å². The van der Waals surface area contributed by atoms with Crippen molar-refractivity contribution in [1.82, 2.24) is 0 Å². The Balaban J connectivity index is 1.69. The van der Waals surface area contributed by atoms with Crippen LogP contribution < -0.4 is 23.8 Å². The summed E-state index contributed by atoms with van der Waals surface area (Å²) in [4.78, 5) is 28.1. The Labute approximate surface area is 222 Å². The third-order valence-corrected chi connectivity index (χ3v) is 6.62. The number of amides is 1. The first kappa shape index (κ1) is 24.8. The van der Waals surface area contributed by atoms with Gasteiger partial charge >= 0.3 is 0 Å². The second kappa shape index (κ2) is 9.88. The molecule has 1 atom stereocenters. The summed E-state index contributed by atoms with van der Waals surface area (Å²) in [6.07, 6.45) is 0. The smallest absolute Gasteiger partial charge is 0.300 e. The molecule has 0 aliphatic carbocycles. The molecule has 2 aliphatic heterocycles. The average molecular weight is 542 g/mol. The van der Waals surface area contributed by atoms with E-state index in [0.29, 0.717) is 35.1 Å². The molecule has 37 heavy (non-hydrogen) atoms. The van der Waals surface area contributed by atoms with Gasteiger partial charge in [-0.1, -0.05) is 35.3 Å². The first-order valence-corrected chi connectivity index (χ1v) is 12.1. The highest BCUT2D eigenvalue weighted by Gasteiger charge is 2.47. The molecule has 0 saturated carbocycles. The number of ketones is 1. The number of fused-ring (bicyclic) bond motifs is 1. The van der Waals surface area contributed by atoms with Gasteiger partial charge in [-0.3, -0.25) is 14.5 Å². The van der Waals surface area contributed by atoms with Crippen molar-refractivity contribution in [2.24, 2.45) is 0 Å². The normalized spacial score (nSPS) is 17.8. The lowest BCUT2D eigenvalue weighted by Crippen LogP contribution is -2.29. The zero-order valence-electron chi connectivity index (χ0n) is 19.8. The van der Waals surface area contributed by atoms with E-state index in [4.69, 9.17) is 42.1 Å². The molecule has 3 aromatic carbocycles. The van der Waals surface area contributed by atoms with Crippen molar-refractivity contribution in [3.8, 4) is 23.0 Å². The molecule has 5 rings (SSSR count). The number of Topliss-reactive ketones (excluding diaryl/α,β-unsaturated/α-hetero) is 1. The van der Waals surface area contributed by atoms with Crippen LogP contribution in [0.2, 0.25) is 10.0 Å². The molecule has 0 radical (unpaired) electrons. The summed E-state index contributed by atoms with van der Waals surface area (Å²) < 4.78 is 21.6. The van der Waals surface area contributed by atoms with Crippen LogP contribution in [0, 0.1) is 0 Å². The van der Waals surface area contributed by atoms with E-state index in [2.05, 4.69) is 0 Å².